The molecular formula is C25H20N2O3S. The summed E-state index contributed by atoms with van der Waals surface area (Å²) in [7, 11) is 0. The standard InChI is InChI=1S/C25H20N2O3S/c28-22(27-25(24(29)30)15-19(25)17-9-5-2-6-10-17)14-23-26-20-13-18(11-12-21(20)31-23)16-7-3-1-4-8-16/h1-13,19H,14-15H2,(H,27,28)(H,29,30). The minimum Gasteiger partial charge on any atom is -0.479 e. The van der Waals surface area contributed by atoms with E-state index in [9.17, 15) is 14.7 Å². The number of hydrogen-bond acceptors (Lipinski definition) is 4. The summed E-state index contributed by atoms with van der Waals surface area (Å²) < 4.78 is 1.00. The zero-order chi connectivity index (χ0) is 21.4. The van der Waals surface area contributed by atoms with E-state index in [1.807, 2.05) is 78.9 Å². The molecule has 1 aromatic heterocycles. The van der Waals surface area contributed by atoms with Gasteiger partial charge in [0.25, 0.3) is 0 Å². The highest BCUT2D eigenvalue weighted by Crippen LogP contribution is 2.51. The van der Waals surface area contributed by atoms with Crippen LogP contribution in [0, 0.1) is 0 Å². The molecule has 1 aliphatic rings. The lowest BCUT2D eigenvalue weighted by molar-refractivity contribution is -0.143. The van der Waals surface area contributed by atoms with Gasteiger partial charge in [-0.1, -0.05) is 66.7 Å². The van der Waals surface area contributed by atoms with E-state index in [4.69, 9.17) is 0 Å². The maximum absolute atomic E-state index is 12.7. The number of fused-ring (bicyclic) bond motifs is 1. The number of carbonyl (C=O) groups is 2. The van der Waals surface area contributed by atoms with Crippen molar-refractivity contribution < 1.29 is 14.7 Å². The summed E-state index contributed by atoms with van der Waals surface area (Å²) in [5, 5.41) is 13.2. The van der Waals surface area contributed by atoms with Crippen molar-refractivity contribution in [1.82, 2.24) is 10.3 Å². The number of benzene rings is 3. The Kier molecular flexibility index (Phi) is 4.79. The smallest absolute Gasteiger partial charge is 0.330 e. The molecule has 2 unspecified atom stereocenters. The summed E-state index contributed by atoms with van der Waals surface area (Å²) in [4.78, 5) is 29.3. The maximum Gasteiger partial charge on any atom is 0.330 e. The minimum atomic E-state index is -1.23. The van der Waals surface area contributed by atoms with Crippen LogP contribution in [-0.4, -0.2) is 27.5 Å². The van der Waals surface area contributed by atoms with Crippen molar-refractivity contribution >= 4 is 33.4 Å². The van der Waals surface area contributed by atoms with E-state index in [0.717, 1.165) is 26.9 Å². The van der Waals surface area contributed by atoms with E-state index >= 15 is 0 Å². The second-order valence-corrected chi connectivity index (χ2v) is 8.94. The van der Waals surface area contributed by atoms with Gasteiger partial charge in [0.2, 0.25) is 5.91 Å². The van der Waals surface area contributed by atoms with Crippen molar-refractivity contribution in [3.8, 4) is 11.1 Å². The molecule has 0 bridgehead atoms. The van der Waals surface area contributed by atoms with Gasteiger partial charge in [0.05, 0.1) is 16.6 Å². The molecule has 3 aromatic carbocycles. The Bertz CT molecular complexity index is 1270. The van der Waals surface area contributed by atoms with Crippen LogP contribution in [0.1, 0.15) is 22.9 Å². The molecule has 5 nitrogen and oxygen atoms in total. The van der Waals surface area contributed by atoms with E-state index in [0.29, 0.717) is 11.4 Å². The number of aromatic nitrogens is 1. The molecule has 1 heterocycles. The first-order chi connectivity index (χ1) is 15.0. The molecule has 0 aliphatic heterocycles. The van der Waals surface area contributed by atoms with Crippen molar-refractivity contribution in [2.75, 3.05) is 0 Å². The van der Waals surface area contributed by atoms with Gasteiger partial charge in [-0.25, -0.2) is 9.78 Å². The third-order valence-corrected chi connectivity index (χ3v) is 6.79. The molecule has 0 spiro atoms. The Morgan fingerprint density at radius 2 is 1.71 bits per heavy atom. The van der Waals surface area contributed by atoms with Gasteiger partial charge in [0, 0.05) is 5.92 Å². The number of nitrogens with zero attached hydrogens (tertiary/aromatic N) is 1. The first-order valence-corrected chi connectivity index (χ1v) is 10.9. The highest BCUT2D eigenvalue weighted by Gasteiger charge is 2.62. The molecule has 1 amide bonds. The number of amides is 1. The Hall–Kier alpha value is -3.51. The fourth-order valence-electron chi connectivity index (χ4n) is 4.07. The summed E-state index contributed by atoms with van der Waals surface area (Å²) in [5.41, 5.74) is 2.73. The average Bonchev–Trinajstić information content (AvgIpc) is 3.38. The Morgan fingerprint density at radius 3 is 2.42 bits per heavy atom. The highest BCUT2D eigenvalue weighted by atomic mass is 32.1. The summed E-state index contributed by atoms with van der Waals surface area (Å²) in [6, 6.07) is 25.6. The highest BCUT2D eigenvalue weighted by molar-refractivity contribution is 7.18. The number of rotatable bonds is 6. The Morgan fingerprint density at radius 1 is 1.00 bits per heavy atom. The van der Waals surface area contributed by atoms with Crippen molar-refractivity contribution in [3.05, 3.63) is 89.4 Å². The van der Waals surface area contributed by atoms with Crippen LogP contribution in [0.4, 0.5) is 0 Å². The van der Waals surface area contributed by atoms with E-state index < -0.39 is 11.5 Å². The van der Waals surface area contributed by atoms with Crippen molar-refractivity contribution in [1.29, 1.82) is 0 Å². The number of carboxylic acid groups (broad SMARTS) is 1. The van der Waals surface area contributed by atoms with E-state index in [1.54, 1.807) is 0 Å². The fraction of sp³-hybridized carbons (Fsp3) is 0.160. The first kappa shape index (κ1) is 19.5. The van der Waals surface area contributed by atoms with Gasteiger partial charge in [-0.05, 0) is 35.2 Å². The van der Waals surface area contributed by atoms with Crippen LogP contribution in [-0.2, 0) is 16.0 Å². The van der Waals surface area contributed by atoms with Crippen LogP contribution in [0.15, 0.2) is 78.9 Å². The number of carbonyl (C=O) groups excluding carboxylic acids is 1. The summed E-state index contributed by atoms with van der Waals surface area (Å²) >= 11 is 1.46. The lowest BCUT2D eigenvalue weighted by atomic mass is 10.1. The van der Waals surface area contributed by atoms with E-state index in [-0.39, 0.29) is 18.2 Å². The second kappa shape index (κ2) is 7.63. The topological polar surface area (TPSA) is 79.3 Å². The number of thiazole rings is 1. The Balaban J connectivity index is 1.32. The molecule has 1 saturated carbocycles. The zero-order valence-corrected chi connectivity index (χ0v) is 17.4. The normalized spacial score (nSPS) is 19.8. The summed E-state index contributed by atoms with van der Waals surface area (Å²) in [6.45, 7) is 0. The lowest BCUT2D eigenvalue weighted by Gasteiger charge is -2.14. The molecule has 2 N–H and O–H groups in total. The van der Waals surface area contributed by atoms with Crippen LogP contribution in [0.25, 0.3) is 21.3 Å². The number of hydrogen-bond donors (Lipinski definition) is 2. The third-order valence-electron chi connectivity index (χ3n) is 5.76. The summed E-state index contributed by atoms with van der Waals surface area (Å²) in [5.74, 6) is -1.52. The van der Waals surface area contributed by atoms with Gasteiger partial charge in [-0.2, -0.15) is 0 Å². The molecule has 6 heteroatoms. The van der Waals surface area contributed by atoms with E-state index in [1.165, 1.54) is 11.3 Å². The van der Waals surface area contributed by atoms with Gasteiger partial charge >= 0.3 is 5.97 Å². The van der Waals surface area contributed by atoms with Crippen LogP contribution >= 0.6 is 11.3 Å². The molecule has 0 saturated heterocycles. The molecular weight excluding hydrogens is 408 g/mol. The SMILES string of the molecule is O=C(Cc1nc2cc(-c3ccccc3)ccc2s1)NC1(C(=O)O)CC1c1ccccc1. The monoisotopic (exact) mass is 428 g/mol. The third kappa shape index (κ3) is 3.70. The Labute approximate surface area is 183 Å². The van der Waals surface area contributed by atoms with Crippen LogP contribution in [0.3, 0.4) is 0 Å². The fourth-order valence-corrected chi connectivity index (χ4v) is 5.02. The summed E-state index contributed by atoms with van der Waals surface area (Å²) in [6.07, 6.45) is 0.467. The number of nitrogens with one attached hydrogen (secondary N) is 1. The lowest BCUT2D eigenvalue weighted by Crippen LogP contribution is -2.45. The average molecular weight is 429 g/mol. The quantitative estimate of drug-likeness (QED) is 0.469. The van der Waals surface area contributed by atoms with Gasteiger partial charge in [0.15, 0.2) is 0 Å². The first-order valence-electron chi connectivity index (χ1n) is 10.1. The molecule has 154 valence electrons. The molecule has 1 fully saturated rings. The van der Waals surface area contributed by atoms with Gasteiger partial charge in [0.1, 0.15) is 10.5 Å². The largest absolute Gasteiger partial charge is 0.479 e. The van der Waals surface area contributed by atoms with Gasteiger partial charge < -0.3 is 10.4 Å². The van der Waals surface area contributed by atoms with Gasteiger partial charge in [-0.3, -0.25) is 4.79 Å². The molecule has 1 aliphatic carbocycles. The molecule has 5 rings (SSSR count). The second-order valence-electron chi connectivity index (χ2n) is 7.82. The molecule has 31 heavy (non-hydrogen) atoms. The van der Waals surface area contributed by atoms with Crippen LogP contribution in [0.2, 0.25) is 0 Å². The van der Waals surface area contributed by atoms with Gasteiger partial charge in [-0.15, -0.1) is 11.3 Å². The van der Waals surface area contributed by atoms with Crippen LogP contribution < -0.4 is 5.32 Å². The predicted molar refractivity (Wildman–Crippen MR) is 121 cm³/mol. The zero-order valence-electron chi connectivity index (χ0n) is 16.6. The maximum atomic E-state index is 12.7. The van der Waals surface area contributed by atoms with Crippen molar-refractivity contribution in [2.24, 2.45) is 0 Å². The number of aliphatic carboxylic acids is 1. The molecule has 2 atom stereocenters. The van der Waals surface area contributed by atoms with Crippen LogP contribution in [0.5, 0.6) is 0 Å². The molecule has 0 radical (unpaired) electrons. The minimum absolute atomic E-state index is 0.0660. The number of carboxylic acids is 1. The van der Waals surface area contributed by atoms with Crippen molar-refractivity contribution in [3.63, 3.8) is 0 Å². The predicted octanol–water partition coefficient (Wildman–Crippen LogP) is 4.63. The van der Waals surface area contributed by atoms with Crippen molar-refractivity contribution in [2.45, 2.75) is 24.3 Å². The van der Waals surface area contributed by atoms with E-state index in [2.05, 4.69) is 10.3 Å². The molecule has 4 aromatic rings.